The third-order valence-electron chi connectivity index (χ3n) is 3.78. The first-order valence-corrected chi connectivity index (χ1v) is 7.73. The molecule has 0 aliphatic heterocycles. The molecule has 2 aromatic rings. The van der Waals surface area contributed by atoms with E-state index in [1.807, 2.05) is 0 Å². The third kappa shape index (κ3) is 5.01. The monoisotopic (exact) mass is 358 g/mol. The summed E-state index contributed by atoms with van der Waals surface area (Å²) in [6.07, 6.45) is 2.38. The molecule has 0 radical (unpaired) electrons. The first-order chi connectivity index (χ1) is 12.3. The number of carboxylic acids is 1. The number of aromatic hydroxyl groups is 4. The lowest BCUT2D eigenvalue weighted by Gasteiger charge is -2.11. The number of rotatable bonds is 7. The van der Waals surface area contributed by atoms with Crippen molar-refractivity contribution in [2.45, 2.75) is 12.8 Å². The quantitative estimate of drug-likeness (QED) is 0.379. The summed E-state index contributed by atoms with van der Waals surface area (Å²) in [5, 5.41) is 46.7. The molecule has 0 saturated carbocycles. The number of hydrogen-bond donors (Lipinski definition) is 5. The molecule has 26 heavy (non-hydrogen) atoms. The zero-order valence-electron chi connectivity index (χ0n) is 13.7. The third-order valence-corrected chi connectivity index (χ3v) is 3.78. The lowest BCUT2D eigenvalue weighted by molar-refractivity contribution is -0.143. The van der Waals surface area contributed by atoms with Gasteiger partial charge in [0.2, 0.25) is 0 Å². The smallest absolute Gasteiger partial charge is 0.307 e. The van der Waals surface area contributed by atoms with E-state index in [1.54, 1.807) is 0 Å². The summed E-state index contributed by atoms with van der Waals surface area (Å²) in [5.41, 5.74) is 0.955. The average molecular weight is 358 g/mol. The Morgan fingerprint density at radius 1 is 0.885 bits per heavy atom. The van der Waals surface area contributed by atoms with Crippen LogP contribution < -0.4 is 0 Å². The Labute approximate surface area is 149 Å². The summed E-state index contributed by atoms with van der Waals surface area (Å²) in [4.78, 5) is 23.4. The molecule has 0 fully saturated rings. The van der Waals surface area contributed by atoms with E-state index < -0.39 is 17.7 Å². The summed E-state index contributed by atoms with van der Waals surface area (Å²) < 4.78 is 0. The molecule has 0 amide bonds. The molecule has 2 aromatic carbocycles. The highest BCUT2D eigenvalue weighted by Crippen LogP contribution is 2.27. The molecule has 0 aliphatic carbocycles. The predicted molar refractivity (Wildman–Crippen MR) is 93.0 cm³/mol. The van der Waals surface area contributed by atoms with Crippen molar-refractivity contribution in [2.24, 2.45) is 5.92 Å². The number of phenols is 4. The van der Waals surface area contributed by atoms with E-state index in [2.05, 4.69) is 0 Å². The van der Waals surface area contributed by atoms with E-state index in [0.29, 0.717) is 11.1 Å². The lowest BCUT2D eigenvalue weighted by atomic mass is 9.94. The van der Waals surface area contributed by atoms with Gasteiger partial charge in [0.15, 0.2) is 28.8 Å². The fourth-order valence-electron chi connectivity index (χ4n) is 2.37. The van der Waals surface area contributed by atoms with Gasteiger partial charge >= 0.3 is 5.97 Å². The van der Waals surface area contributed by atoms with Gasteiger partial charge in [-0.2, -0.15) is 0 Å². The van der Waals surface area contributed by atoms with Gasteiger partial charge in [0, 0.05) is 6.42 Å². The fraction of sp³-hybridized carbons (Fsp3) is 0.158. The fourth-order valence-corrected chi connectivity index (χ4v) is 2.37. The van der Waals surface area contributed by atoms with Gasteiger partial charge in [-0.3, -0.25) is 9.59 Å². The van der Waals surface area contributed by atoms with Crippen molar-refractivity contribution in [2.75, 3.05) is 0 Å². The van der Waals surface area contributed by atoms with Gasteiger partial charge in [-0.05, 0) is 47.9 Å². The van der Waals surface area contributed by atoms with Crippen LogP contribution in [-0.4, -0.2) is 37.3 Å². The number of aliphatic carboxylic acids is 1. The van der Waals surface area contributed by atoms with Crippen molar-refractivity contribution in [3.05, 3.63) is 53.6 Å². The SMILES string of the molecule is O=C(/C=C/c1ccc(O)c(O)c1)C[C@@H](Cc1ccc(O)c(O)c1)C(=O)O. The zero-order chi connectivity index (χ0) is 19.3. The number of allylic oxidation sites excluding steroid dienone is 1. The molecular formula is C19H18O7. The Balaban J connectivity index is 2.05. The highest BCUT2D eigenvalue weighted by Gasteiger charge is 2.21. The Morgan fingerprint density at radius 3 is 2.08 bits per heavy atom. The van der Waals surface area contributed by atoms with Gasteiger partial charge in [0.05, 0.1) is 5.92 Å². The van der Waals surface area contributed by atoms with Gasteiger partial charge in [-0.1, -0.05) is 18.2 Å². The standard InChI is InChI=1S/C19H18O7/c20-14(4-1-11-2-5-15(21)17(23)8-11)10-13(19(25)26)7-12-3-6-16(22)18(24)9-12/h1-6,8-9,13,21-24H,7,10H2,(H,25,26)/b4-1+/t13-/m1/s1. The van der Waals surface area contributed by atoms with E-state index in [0.717, 1.165) is 0 Å². The van der Waals surface area contributed by atoms with E-state index >= 15 is 0 Å². The van der Waals surface area contributed by atoms with Crippen LogP contribution in [0.1, 0.15) is 17.5 Å². The van der Waals surface area contributed by atoms with Crippen molar-refractivity contribution in [1.82, 2.24) is 0 Å². The van der Waals surface area contributed by atoms with E-state index in [1.165, 1.54) is 48.6 Å². The second-order valence-electron chi connectivity index (χ2n) is 5.81. The molecule has 1 atom stereocenters. The predicted octanol–water partition coefficient (Wildman–Crippen LogP) is 2.42. The van der Waals surface area contributed by atoms with Crippen LogP contribution in [0.3, 0.4) is 0 Å². The van der Waals surface area contributed by atoms with Crippen LogP contribution in [0.25, 0.3) is 6.08 Å². The summed E-state index contributed by atoms with van der Waals surface area (Å²) in [6, 6.07) is 8.02. The molecule has 0 bridgehead atoms. The van der Waals surface area contributed by atoms with Crippen LogP contribution in [0, 0.1) is 5.92 Å². The molecule has 7 nitrogen and oxygen atoms in total. The van der Waals surface area contributed by atoms with E-state index in [9.17, 15) is 35.1 Å². The van der Waals surface area contributed by atoms with Gasteiger partial charge in [0.1, 0.15) is 0 Å². The van der Waals surface area contributed by atoms with Crippen LogP contribution in [0.5, 0.6) is 23.0 Å². The summed E-state index contributed by atoms with van der Waals surface area (Å²) in [5.74, 6) is -3.84. The largest absolute Gasteiger partial charge is 0.504 e. The van der Waals surface area contributed by atoms with E-state index in [4.69, 9.17) is 0 Å². The molecular weight excluding hydrogens is 340 g/mol. The van der Waals surface area contributed by atoms with Crippen molar-refractivity contribution < 1.29 is 35.1 Å². The highest BCUT2D eigenvalue weighted by molar-refractivity contribution is 5.95. The Hall–Kier alpha value is -3.48. The summed E-state index contributed by atoms with van der Waals surface area (Å²) in [6.45, 7) is 0. The average Bonchev–Trinajstić information content (AvgIpc) is 2.58. The number of ketones is 1. The van der Waals surface area contributed by atoms with Crippen LogP contribution in [-0.2, 0) is 16.0 Å². The van der Waals surface area contributed by atoms with Crippen LogP contribution >= 0.6 is 0 Å². The highest BCUT2D eigenvalue weighted by atomic mass is 16.4. The molecule has 2 rings (SSSR count). The minimum absolute atomic E-state index is 0.0166. The molecule has 0 aromatic heterocycles. The molecule has 0 saturated heterocycles. The normalized spacial score (nSPS) is 12.2. The Bertz CT molecular complexity index is 855. The van der Waals surface area contributed by atoms with Crippen molar-refractivity contribution in [3.8, 4) is 23.0 Å². The van der Waals surface area contributed by atoms with Gasteiger partial charge in [-0.25, -0.2) is 0 Å². The molecule has 136 valence electrons. The van der Waals surface area contributed by atoms with Crippen LogP contribution in [0.2, 0.25) is 0 Å². The number of benzene rings is 2. The number of carboxylic acid groups (broad SMARTS) is 1. The Kier molecular flexibility index (Phi) is 5.85. The first kappa shape index (κ1) is 18.9. The molecule has 7 heteroatoms. The second kappa shape index (κ2) is 8.06. The maximum absolute atomic E-state index is 12.0. The van der Waals surface area contributed by atoms with E-state index in [-0.39, 0.29) is 35.8 Å². The number of phenolic OH excluding ortho intramolecular Hbond substituents is 4. The van der Waals surface area contributed by atoms with Crippen LogP contribution in [0.4, 0.5) is 0 Å². The molecule has 0 unspecified atom stereocenters. The van der Waals surface area contributed by atoms with Gasteiger partial charge < -0.3 is 25.5 Å². The van der Waals surface area contributed by atoms with Crippen molar-refractivity contribution in [1.29, 1.82) is 0 Å². The second-order valence-corrected chi connectivity index (χ2v) is 5.81. The topological polar surface area (TPSA) is 135 Å². The molecule has 5 N–H and O–H groups in total. The molecule has 0 spiro atoms. The lowest BCUT2D eigenvalue weighted by Crippen LogP contribution is -2.19. The Morgan fingerprint density at radius 2 is 1.50 bits per heavy atom. The number of hydrogen-bond acceptors (Lipinski definition) is 6. The van der Waals surface area contributed by atoms with Crippen LogP contribution in [0.15, 0.2) is 42.5 Å². The minimum Gasteiger partial charge on any atom is -0.504 e. The number of carbonyl (C=O) groups excluding carboxylic acids is 1. The molecule has 0 heterocycles. The van der Waals surface area contributed by atoms with Crippen molar-refractivity contribution in [3.63, 3.8) is 0 Å². The summed E-state index contributed by atoms with van der Waals surface area (Å²) in [7, 11) is 0. The van der Waals surface area contributed by atoms with Gasteiger partial charge in [-0.15, -0.1) is 0 Å². The zero-order valence-corrected chi connectivity index (χ0v) is 13.7. The molecule has 0 aliphatic rings. The first-order valence-electron chi connectivity index (χ1n) is 7.73. The summed E-state index contributed by atoms with van der Waals surface area (Å²) >= 11 is 0. The maximum atomic E-state index is 12.0. The van der Waals surface area contributed by atoms with Crippen molar-refractivity contribution >= 4 is 17.8 Å². The maximum Gasteiger partial charge on any atom is 0.307 e. The van der Waals surface area contributed by atoms with Gasteiger partial charge in [0.25, 0.3) is 0 Å². The number of carbonyl (C=O) groups is 2. The minimum atomic E-state index is -1.15.